The summed E-state index contributed by atoms with van der Waals surface area (Å²) in [5.41, 5.74) is 11.3. The van der Waals surface area contributed by atoms with Crippen molar-refractivity contribution in [2.24, 2.45) is 0 Å². The second-order valence-electron chi connectivity index (χ2n) is 7.26. The third kappa shape index (κ3) is 4.07. The van der Waals surface area contributed by atoms with E-state index in [0.29, 0.717) is 28.2 Å². The number of carbonyl (C=O) groups excluding carboxylic acids is 2. The molecule has 33 heavy (non-hydrogen) atoms. The van der Waals surface area contributed by atoms with Crippen LogP contribution in [0.4, 0.5) is 17.1 Å². The first-order valence-electron chi connectivity index (χ1n) is 9.90. The average Bonchev–Trinajstić information content (AvgIpc) is 3.46. The molecule has 0 saturated heterocycles. The Kier molecular flexibility index (Phi) is 5.33. The largest absolute Gasteiger partial charge is 0.398 e. The van der Waals surface area contributed by atoms with E-state index in [1.54, 1.807) is 47.2 Å². The van der Waals surface area contributed by atoms with E-state index in [-0.39, 0.29) is 0 Å². The standard InChI is InChI=1S/C24H17N5O2S2/c25-11-14-7-16(9-17(22(14)26)20-8-13-3-1-2-4-19(13)33-20)29-24(31)23(30)28-15-5-6-18-21(10-15)32-12-27-18/h1-12,25H,26H2,(H,28,30)(H,29,31). The topological polar surface area (TPSA) is 121 Å². The van der Waals surface area contributed by atoms with Gasteiger partial charge in [-0.05, 0) is 47.9 Å². The fourth-order valence-corrected chi connectivity index (χ4v) is 5.30. The van der Waals surface area contributed by atoms with Crippen molar-refractivity contribution in [1.82, 2.24) is 4.98 Å². The smallest absolute Gasteiger partial charge is 0.314 e. The monoisotopic (exact) mass is 471 g/mol. The third-order valence-corrected chi connectivity index (χ3v) is 7.05. The predicted molar refractivity (Wildman–Crippen MR) is 136 cm³/mol. The summed E-state index contributed by atoms with van der Waals surface area (Å²) in [7, 11) is 0. The molecule has 0 aliphatic carbocycles. The number of rotatable bonds is 4. The van der Waals surface area contributed by atoms with Gasteiger partial charge in [-0.3, -0.25) is 9.59 Å². The number of fused-ring (bicyclic) bond motifs is 2. The van der Waals surface area contributed by atoms with E-state index in [4.69, 9.17) is 11.1 Å². The number of anilines is 3. The van der Waals surface area contributed by atoms with Gasteiger partial charge >= 0.3 is 11.8 Å². The Morgan fingerprint density at radius 1 is 0.939 bits per heavy atom. The molecule has 5 aromatic rings. The maximum atomic E-state index is 12.6. The first-order valence-corrected chi connectivity index (χ1v) is 11.6. The molecule has 0 unspecified atom stereocenters. The zero-order valence-corrected chi connectivity index (χ0v) is 18.7. The lowest BCUT2D eigenvalue weighted by atomic mass is 10.0. The summed E-state index contributed by atoms with van der Waals surface area (Å²) in [4.78, 5) is 30.2. The maximum Gasteiger partial charge on any atom is 0.314 e. The number of nitrogens with zero attached hydrogens (tertiary/aromatic N) is 1. The average molecular weight is 472 g/mol. The molecular weight excluding hydrogens is 454 g/mol. The van der Waals surface area contributed by atoms with Crippen LogP contribution >= 0.6 is 22.7 Å². The number of thiophene rings is 1. The summed E-state index contributed by atoms with van der Waals surface area (Å²) >= 11 is 3.02. The number of aromatic nitrogens is 1. The molecule has 0 aliphatic rings. The molecule has 162 valence electrons. The van der Waals surface area contributed by atoms with Gasteiger partial charge in [-0.25, -0.2) is 4.98 Å². The summed E-state index contributed by atoms with van der Waals surface area (Å²) in [6.45, 7) is 0. The Morgan fingerprint density at radius 2 is 1.73 bits per heavy atom. The molecule has 5 rings (SSSR count). The number of nitrogens with one attached hydrogen (secondary N) is 3. The van der Waals surface area contributed by atoms with Gasteiger partial charge in [-0.15, -0.1) is 22.7 Å². The molecule has 2 amide bonds. The first-order chi connectivity index (χ1) is 16.0. The highest BCUT2D eigenvalue weighted by Crippen LogP contribution is 2.38. The van der Waals surface area contributed by atoms with Crippen LogP contribution in [0, 0.1) is 5.41 Å². The van der Waals surface area contributed by atoms with Crippen LogP contribution in [0.2, 0.25) is 0 Å². The highest BCUT2D eigenvalue weighted by atomic mass is 32.1. The zero-order valence-electron chi connectivity index (χ0n) is 17.1. The molecule has 0 bridgehead atoms. The van der Waals surface area contributed by atoms with E-state index in [0.717, 1.165) is 31.4 Å². The Balaban J connectivity index is 1.41. The van der Waals surface area contributed by atoms with Crippen molar-refractivity contribution in [3.8, 4) is 10.4 Å². The molecule has 0 atom stereocenters. The van der Waals surface area contributed by atoms with E-state index < -0.39 is 11.8 Å². The van der Waals surface area contributed by atoms with Crippen LogP contribution in [0.5, 0.6) is 0 Å². The molecule has 7 nitrogen and oxygen atoms in total. The number of nitrogens with two attached hydrogens (primary N) is 1. The van der Waals surface area contributed by atoms with Crippen molar-refractivity contribution < 1.29 is 9.59 Å². The molecular formula is C24H17N5O2S2. The van der Waals surface area contributed by atoms with E-state index in [9.17, 15) is 9.59 Å². The van der Waals surface area contributed by atoms with Gasteiger partial charge in [-0.2, -0.15) is 0 Å². The Morgan fingerprint density at radius 3 is 2.52 bits per heavy atom. The normalized spacial score (nSPS) is 10.9. The fourth-order valence-electron chi connectivity index (χ4n) is 3.49. The minimum atomic E-state index is -0.817. The zero-order chi connectivity index (χ0) is 22.9. The van der Waals surface area contributed by atoms with Crippen LogP contribution in [0.15, 0.2) is 66.2 Å². The van der Waals surface area contributed by atoms with Crippen molar-refractivity contribution in [3.63, 3.8) is 0 Å². The lowest BCUT2D eigenvalue weighted by molar-refractivity contribution is -0.132. The Labute approximate surface area is 196 Å². The molecule has 0 saturated carbocycles. The van der Waals surface area contributed by atoms with Crippen molar-refractivity contribution in [3.05, 3.63) is 71.7 Å². The second-order valence-corrected chi connectivity index (χ2v) is 9.23. The number of carbonyl (C=O) groups is 2. The molecule has 3 aromatic carbocycles. The lowest BCUT2D eigenvalue weighted by Gasteiger charge is -2.12. The van der Waals surface area contributed by atoms with E-state index in [2.05, 4.69) is 15.6 Å². The molecule has 2 aromatic heterocycles. The minimum Gasteiger partial charge on any atom is -0.398 e. The number of hydrogen-bond acceptors (Lipinski definition) is 7. The lowest BCUT2D eigenvalue weighted by Crippen LogP contribution is -2.29. The highest BCUT2D eigenvalue weighted by Gasteiger charge is 2.17. The molecule has 2 heterocycles. The third-order valence-electron chi connectivity index (χ3n) is 5.11. The van der Waals surface area contributed by atoms with Gasteiger partial charge in [0.25, 0.3) is 0 Å². The minimum absolute atomic E-state index is 0.383. The van der Waals surface area contributed by atoms with Gasteiger partial charge in [-0.1, -0.05) is 18.2 Å². The molecule has 0 aliphatic heterocycles. The summed E-state index contributed by atoms with van der Waals surface area (Å²) < 4.78 is 2.02. The summed E-state index contributed by atoms with van der Waals surface area (Å²) in [6.07, 6.45) is 1.13. The van der Waals surface area contributed by atoms with Crippen molar-refractivity contribution in [2.75, 3.05) is 16.4 Å². The van der Waals surface area contributed by atoms with E-state index in [1.807, 2.05) is 30.3 Å². The maximum absolute atomic E-state index is 12.6. The van der Waals surface area contributed by atoms with Crippen LogP contribution < -0.4 is 16.4 Å². The molecule has 5 N–H and O–H groups in total. The summed E-state index contributed by atoms with van der Waals surface area (Å²) in [6, 6.07) is 18.6. The fraction of sp³-hybridized carbons (Fsp3) is 0. The van der Waals surface area contributed by atoms with E-state index >= 15 is 0 Å². The van der Waals surface area contributed by atoms with Crippen molar-refractivity contribution in [1.29, 1.82) is 5.41 Å². The number of amides is 2. The van der Waals surface area contributed by atoms with Crippen molar-refractivity contribution in [2.45, 2.75) is 0 Å². The van der Waals surface area contributed by atoms with Crippen LogP contribution in [0.25, 0.3) is 30.7 Å². The molecule has 0 radical (unpaired) electrons. The van der Waals surface area contributed by atoms with Crippen LogP contribution in [0.1, 0.15) is 5.56 Å². The van der Waals surface area contributed by atoms with Gasteiger partial charge in [0.2, 0.25) is 0 Å². The second kappa shape index (κ2) is 8.45. The van der Waals surface area contributed by atoms with Crippen LogP contribution in [-0.4, -0.2) is 23.0 Å². The predicted octanol–water partition coefficient (Wildman–Crippen LogP) is 5.34. The first kappa shape index (κ1) is 20.8. The molecule has 9 heteroatoms. The highest BCUT2D eigenvalue weighted by molar-refractivity contribution is 7.22. The SMILES string of the molecule is N=Cc1cc(NC(=O)C(=O)Nc2ccc3ncsc3c2)cc(-c2cc3ccccc3s2)c1N. The van der Waals surface area contributed by atoms with Crippen LogP contribution in [0.3, 0.4) is 0 Å². The number of hydrogen-bond donors (Lipinski definition) is 4. The molecule has 0 spiro atoms. The van der Waals surface area contributed by atoms with Gasteiger partial charge in [0, 0.05) is 44.0 Å². The number of thiazole rings is 1. The number of benzene rings is 3. The van der Waals surface area contributed by atoms with E-state index in [1.165, 1.54) is 11.3 Å². The van der Waals surface area contributed by atoms with Gasteiger partial charge < -0.3 is 21.8 Å². The Hall–Kier alpha value is -4.08. The quantitative estimate of drug-likeness (QED) is 0.161. The van der Waals surface area contributed by atoms with Gasteiger partial charge in [0.05, 0.1) is 15.7 Å². The Bertz CT molecular complexity index is 1520. The summed E-state index contributed by atoms with van der Waals surface area (Å²) in [5, 5.41) is 14.0. The number of nitrogen functional groups attached to an aromatic ring is 1. The van der Waals surface area contributed by atoms with Crippen molar-refractivity contribution >= 4 is 78.1 Å². The van der Waals surface area contributed by atoms with Gasteiger partial charge in [0.1, 0.15) is 0 Å². The van der Waals surface area contributed by atoms with Gasteiger partial charge in [0.15, 0.2) is 0 Å². The summed E-state index contributed by atoms with van der Waals surface area (Å²) in [5.74, 6) is -1.61. The molecule has 0 fully saturated rings. The van der Waals surface area contributed by atoms with Crippen LogP contribution in [-0.2, 0) is 9.59 Å².